The van der Waals surface area contributed by atoms with Crippen LogP contribution in [0, 0.1) is 13.8 Å². The van der Waals surface area contributed by atoms with E-state index in [0.29, 0.717) is 0 Å². The van der Waals surface area contributed by atoms with E-state index < -0.39 is 0 Å². The molecule has 2 heterocycles. The zero-order valence-corrected chi connectivity index (χ0v) is 17.2. The number of para-hydroxylation sites is 1. The number of aromatic amines is 1. The minimum Gasteiger partial charge on any atom is -0.399 e. The summed E-state index contributed by atoms with van der Waals surface area (Å²) in [6, 6.07) is 12.7. The molecule has 4 aromatic rings. The van der Waals surface area contributed by atoms with Gasteiger partial charge in [0.2, 0.25) is 0 Å². The van der Waals surface area contributed by atoms with E-state index >= 15 is 0 Å². The molecule has 0 aliphatic rings. The van der Waals surface area contributed by atoms with Gasteiger partial charge in [-0.1, -0.05) is 35.5 Å². The van der Waals surface area contributed by atoms with Crippen LogP contribution in [0.1, 0.15) is 23.4 Å². The molecule has 0 spiro atoms. The second-order valence-electron chi connectivity index (χ2n) is 7.26. The molecule has 0 saturated heterocycles. The Morgan fingerprint density at radius 2 is 2.00 bits per heavy atom. The first-order valence-electron chi connectivity index (χ1n) is 9.98. The Hall–Kier alpha value is -3.12. The second-order valence-corrected chi connectivity index (χ2v) is 7.26. The van der Waals surface area contributed by atoms with Gasteiger partial charge in [-0.05, 0) is 44.0 Å². The number of H-pyrrole nitrogens is 1. The lowest BCUT2D eigenvalue weighted by molar-refractivity contribution is 0.202. The minimum atomic E-state index is 0.753. The van der Waals surface area contributed by atoms with Gasteiger partial charge in [0.1, 0.15) is 18.3 Å². The summed E-state index contributed by atoms with van der Waals surface area (Å²) in [7, 11) is 1.60. The fourth-order valence-electron chi connectivity index (χ4n) is 3.90. The highest BCUT2D eigenvalue weighted by Crippen LogP contribution is 2.24. The zero-order valence-electron chi connectivity index (χ0n) is 17.2. The molecule has 6 heteroatoms. The monoisotopic (exact) mass is 389 g/mol. The largest absolute Gasteiger partial charge is 0.399 e. The van der Waals surface area contributed by atoms with E-state index in [9.17, 15) is 0 Å². The number of nitrogens with one attached hydrogen (secondary N) is 2. The molecule has 6 nitrogen and oxygen atoms in total. The molecule has 0 aliphatic heterocycles. The molecule has 0 saturated carbocycles. The number of fused-ring (bicyclic) bond motifs is 2. The van der Waals surface area contributed by atoms with Crippen molar-refractivity contribution in [3.05, 3.63) is 71.1 Å². The van der Waals surface area contributed by atoms with Crippen LogP contribution in [0.5, 0.6) is 0 Å². The molecule has 29 heavy (non-hydrogen) atoms. The van der Waals surface area contributed by atoms with Gasteiger partial charge in [-0.3, -0.25) is 0 Å². The normalized spacial score (nSPS) is 12.2. The van der Waals surface area contributed by atoms with Crippen LogP contribution in [0.3, 0.4) is 0 Å². The highest BCUT2D eigenvalue weighted by Gasteiger charge is 2.13. The van der Waals surface area contributed by atoms with E-state index in [-0.39, 0.29) is 0 Å². The zero-order chi connectivity index (χ0) is 20.2. The maximum absolute atomic E-state index is 5.20. The summed E-state index contributed by atoms with van der Waals surface area (Å²) in [6.45, 7) is 6.93. The van der Waals surface area contributed by atoms with Crippen molar-refractivity contribution in [3.63, 3.8) is 0 Å². The lowest BCUT2D eigenvalue weighted by atomic mass is 10.0. The summed E-state index contributed by atoms with van der Waals surface area (Å²) < 4.78 is 2.43. The lowest BCUT2D eigenvalue weighted by Gasteiger charge is -2.19. The van der Waals surface area contributed by atoms with E-state index in [1.165, 1.54) is 22.2 Å². The number of aromatic nitrogens is 3. The number of rotatable bonds is 7. The fraction of sp³-hybridized carbons (Fsp3) is 0.304. The van der Waals surface area contributed by atoms with Crippen LogP contribution < -0.4 is 10.7 Å². The van der Waals surface area contributed by atoms with Crippen molar-refractivity contribution in [1.82, 2.24) is 19.9 Å². The average Bonchev–Trinajstić information content (AvgIpc) is 3.25. The van der Waals surface area contributed by atoms with Crippen molar-refractivity contribution in [2.45, 2.75) is 33.4 Å². The molecule has 0 aliphatic carbocycles. The molecule has 4 rings (SSSR count). The summed E-state index contributed by atoms with van der Waals surface area (Å²) in [5.41, 5.74) is 4.96. The first kappa shape index (κ1) is 19.2. The number of hydrogen-bond acceptors (Lipinski definition) is 4. The highest BCUT2D eigenvalue weighted by molar-refractivity contribution is 5.95. The number of nitrogens with zero attached hydrogens (tertiary/aromatic N) is 3. The second kappa shape index (κ2) is 8.49. The molecular weight excluding hydrogens is 362 g/mol. The predicted octanol–water partition coefficient (Wildman–Crippen LogP) is 3.78. The molecule has 150 valence electrons. The van der Waals surface area contributed by atoms with Crippen LogP contribution in [-0.4, -0.2) is 28.2 Å². The van der Waals surface area contributed by atoms with Crippen molar-refractivity contribution >= 4 is 21.8 Å². The fourth-order valence-corrected chi connectivity index (χ4v) is 3.90. The molecule has 0 atom stereocenters. The Labute approximate surface area is 170 Å². The maximum Gasteiger partial charge on any atom is 0.121 e. The molecular formula is C23H27N5O. The number of imidazole rings is 1. The quantitative estimate of drug-likeness (QED) is 0.287. The number of pyridine rings is 1. The molecule has 2 N–H and O–H groups in total. The van der Waals surface area contributed by atoms with Gasteiger partial charge in [0, 0.05) is 29.7 Å². The van der Waals surface area contributed by atoms with Gasteiger partial charge < -0.3 is 19.7 Å². The van der Waals surface area contributed by atoms with Crippen molar-refractivity contribution in [1.29, 1.82) is 0 Å². The van der Waals surface area contributed by atoms with Gasteiger partial charge in [-0.25, -0.2) is 4.98 Å². The molecule has 0 fully saturated rings. The smallest absolute Gasteiger partial charge is 0.121 e. The minimum absolute atomic E-state index is 0.753. The van der Waals surface area contributed by atoms with Crippen LogP contribution in [0.15, 0.2) is 53.9 Å². The van der Waals surface area contributed by atoms with Gasteiger partial charge in [0.25, 0.3) is 0 Å². The van der Waals surface area contributed by atoms with Crippen LogP contribution in [0.4, 0.5) is 0 Å². The van der Waals surface area contributed by atoms with Crippen LogP contribution in [-0.2, 0) is 17.9 Å². The topological polar surface area (TPSA) is 67.2 Å². The first-order valence-corrected chi connectivity index (χ1v) is 9.98. The van der Waals surface area contributed by atoms with Crippen LogP contribution in [0.25, 0.3) is 21.8 Å². The number of hydrogen-bond donors (Lipinski definition) is 2. The third kappa shape index (κ3) is 3.76. The number of benzene rings is 2. The summed E-state index contributed by atoms with van der Waals surface area (Å²) in [4.78, 5) is 12.6. The lowest BCUT2D eigenvalue weighted by Crippen LogP contribution is -2.19. The molecule has 0 amide bonds. The summed E-state index contributed by atoms with van der Waals surface area (Å²) >= 11 is 0. The van der Waals surface area contributed by atoms with E-state index in [0.717, 1.165) is 48.0 Å². The van der Waals surface area contributed by atoms with Gasteiger partial charge in [0.05, 0.1) is 17.6 Å². The molecule has 0 bridgehead atoms. The molecule has 2 aromatic carbocycles. The van der Waals surface area contributed by atoms with Crippen LogP contribution >= 0.6 is 0 Å². The van der Waals surface area contributed by atoms with E-state index in [1.807, 2.05) is 6.20 Å². The Bertz CT molecular complexity index is 1190. The summed E-state index contributed by atoms with van der Waals surface area (Å²) in [6.07, 6.45) is 4.64. The van der Waals surface area contributed by atoms with Gasteiger partial charge in [0.15, 0.2) is 0 Å². The Kier molecular flexibility index (Phi) is 5.62. The van der Waals surface area contributed by atoms with Crippen LogP contribution in [0.2, 0.25) is 0 Å². The highest BCUT2D eigenvalue weighted by atomic mass is 16.6. The average molecular weight is 390 g/mol. The van der Waals surface area contributed by atoms with E-state index in [2.05, 4.69) is 75.3 Å². The summed E-state index contributed by atoms with van der Waals surface area (Å²) in [5.74, 6) is 0.963. The standard InChI is InChI=1S/C23H27N5O/c1-16-9-10-19-22(27-29-3)18-7-4-5-8-20(18)28(23(19)17(16)2)14-6-11-24-15-21-25-12-13-26-21/h4-5,7-10,12-13,24H,6,11,14-15H2,1-3H3,(H,25,26)/b27-22+. The maximum atomic E-state index is 5.20. The Morgan fingerprint density at radius 1 is 1.14 bits per heavy atom. The SMILES string of the molecule is CO/N=c1\c2ccccc2n(CCCNCc2ncc[nH]2)c2c(C)c(C)ccc12. The predicted molar refractivity (Wildman–Crippen MR) is 116 cm³/mol. The number of aryl methyl sites for hydroxylation is 3. The molecule has 0 unspecified atom stereocenters. The van der Waals surface area contributed by atoms with E-state index in [1.54, 1.807) is 13.3 Å². The molecule has 2 aromatic heterocycles. The van der Waals surface area contributed by atoms with Crippen molar-refractivity contribution in [3.8, 4) is 0 Å². The Balaban J connectivity index is 1.74. The third-order valence-electron chi connectivity index (χ3n) is 5.44. The first-order chi connectivity index (χ1) is 14.2. The Morgan fingerprint density at radius 3 is 2.79 bits per heavy atom. The van der Waals surface area contributed by atoms with Gasteiger partial charge >= 0.3 is 0 Å². The molecule has 0 radical (unpaired) electrons. The van der Waals surface area contributed by atoms with E-state index in [4.69, 9.17) is 4.84 Å². The third-order valence-corrected chi connectivity index (χ3v) is 5.44. The van der Waals surface area contributed by atoms with Crippen molar-refractivity contribution in [2.24, 2.45) is 5.16 Å². The summed E-state index contributed by atoms with van der Waals surface area (Å²) in [5, 5.41) is 11.0. The van der Waals surface area contributed by atoms with Crippen molar-refractivity contribution < 1.29 is 4.84 Å². The van der Waals surface area contributed by atoms with Gasteiger partial charge in [-0.15, -0.1) is 0 Å². The van der Waals surface area contributed by atoms with Crippen molar-refractivity contribution in [2.75, 3.05) is 13.7 Å². The van der Waals surface area contributed by atoms with Gasteiger partial charge in [-0.2, -0.15) is 0 Å².